The maximum absolute atomic E-state index is 12.0. The van der Waals surface area contributed by atoms with Gasteiger partial charge in [0, 0.05) is 22.6 Å². The fraction of sp³-hybridized carbons (Fsp3) is 0.556. The van der Waals surface area contributed by atoms with Gasteiger partial charge in [-0.05, 0) is 37.8 Å². The minimum atomic E-state index is -0.00857. The number of ketones is 2. The molecule has 6 heteroatoms. The van der Waals surface area contributed by atoms with Crippen LogP contribution in [0.3, 0.4) is 0 Å². The van der Waals surface area contributed by atoms with Crippen molar-refractivity contribution in [2.24, 2.45) is 0 Å². The number of hydrogen-bond donors (Lipinski definition) is 0. The number of thioether (sulfide) groups is 2. The van der Waals surface area contributed by atoms with E-state index in [-0.39, 0.29) is 10.5 Å². The van der Waals surface area contributed by atoms with Crippen LogP contribution in [0.5, 0.6) is 0 Å². The minimum absolute atomic E-state index is 0.00857. The first-order valence-electron chi connectivity index (χ1n) is 8.42. The maximum Gasteiger partial charge on any atom is 0.146 e. The Morgan fingerprint density at radius 3 is 1.54 bits per heavy atom. The zero-order valence-corrected chi connectivity index (χ0v) is 16.5. The van der Waals surface area contributed by atoms with Crippen molar-refractivity contribution in [1.29, 1.82) is 0 Å². The first-order valence-corrected chi connectivity index (χ1v) is 10.9. The van der Waals surface area contributed by atoms with Gasteiger partial charge in [-0.15, -0.1) is 23.5 Å². The summed E-state index contributed by atoms with van der Waals surface area (Å²) in [6.45, 7) is 0. The summed E-state index contributed by atoms with van der Waals surface area (Å²) >= 11 is 15.9. The molecule has 0 radical (unpaired) electrons. The zero-order chi connectivity index (χ0) is 17.1. The van der Waals surface area contributed by atoms with Gasteiger partial charge in [0.2, 0.25) is 0 Å². The lowest BCUT2D eigenvalue weighted by atomic mass is 9.99. The van der Waals surface area contributed by atoms with E-state index in [9.17, 15) is 9.59 Å². The Kier molecular flexibility index (Phi) is 6.58. The molecule has 0 saturated heterocycles. The van der Waals surface area contributed by atoms with Gasteiger partial charge in [-0.1, -0.05) is 36.0 Å². The van der Waals surface area contributed by atoms with Crippen molar-refractivity contribution in [3.05, 3.63) is 22.2 Å². The van der Waals surface area contributed by atoms with E-state index in [1.807, 2.05) is 12.1 Å². The molecule has 2 saturated carbocycles. The van der Waals surface area contributed by atoms with Crippen molar-refractivity contribution in [2.75, 3.05) is 0 Å². The molecule has 2 aliphatic carbocycles. The summed E-state index contributed by atoms with van der Waals surface area (Å²) in [4.78, 5) is 25.8. The van der Waals surface area contributed by atoms with Gasteiger partial charge in [-0.25, -0.2) is 0 Å². The van der Waals surface area contributed by atoms with Crippen LogP contribution >= 0.6 is 46.7 Å². The molecule has 2 unspecified atom stereocenters. The largest absolute Gasteiger partial charge is 0.298 e. The van der Waals surface area contributed by atoms with Gasteiger partial charge in [0.1, 0.15) is 11.6 Å². The molecule has 2 aliphatic rings. The summed E-state index contributed by atoms with van der Waals surface area (Å²) in [6, 6.07) is 3.71. The smallest absolute Gasteiger partial charge is 0.146 e. The fourth-order valence-electron chi connectivity index (χ4n) is 3.15. The van der Waals surface area contributed by atoms with E-state index in [1.54, 1.807) is 0 Å². The molecule has 0 aliphatic heterocycles. The number of Topliss-reactive ketones (excluding diaryl/α,β-unsaturated/α-hetero) is 2. The van der Waals surface area contributed by atoms with Gasteiger partial charge < -0.3 is 0 Å². The minimum Gasteiger partial charge on any atom is -0.298 e. The summed E-state index contributed by atoms with van der Waals surface area (Å²) < 4.78 is 0. The number of carbonyl (C=O) groups is 2. The quantitative estimate of drug-likeness (QED) is 0.599. The second-order valence-corrected chi connectivity index (χ2v) is 9.65. The normalized spacial score (nSPS) is 25.1. The second-order valence-electron chi connectivity index (χ2n) is 6.35. The van der Waals surface area contributed by atoms with Crippen LogP contribution in [0.15, 0.2) is 21.9 Å². The highest BCUT2D eigenvalue weighted by Crippen LogP contribution is 2.42. The number of carbonyl (C=O) groups excluding carboxylic acids is 2. The first-order chi connectivity index (χ1) is 11.5. The molecule has 1 aromatic rings. The van der Waals surface area contributed by atoms with Crippen LogP contribution in [0.4, 0.5) is 0 Å². The number of rotatable bonds is 4. The van der Waals surface area contributed by atoms with E-state index < -0.39 is 0 Å². The van der Waals surface area contributed by atoms with Crippen LogP contribution in [-0.4, -0.2) is 22.1 Å². The van der Waals surface area contributed by atoms with Gasteiger partial charge in [0.25, 0.3) is 0 Å². The molecule has 2 nitrogen and oxygen atoms in total. The highest BCUT2D eigenvalue weighted by molar-refractivity contribution is 8.01. The van der Waals surface area contributed by atoms with Crippen LogP contribution in [0.2, 0.25) is 10.0 Å². The van der Waals surface area contributed by atoms with Gasteiger partial charge in [0.05, 0.1) is 20.5 Å². The van der Waals surface area contributed by atoms with Gasteiger partial charge in [-0.3, -0.25) is 9.59 Å². The van der Waals surface area contributed by atoms with Crippen LogP contribution in [0.1, 0.15) is 51.4 Å². The monoisotopic (exact) mass is 402 g/mol. The molecule has 0 N–H and O–H groups in total. The lowest BCUT2D eigenvalue weighted by Crippen LogP contribution is -2.21. The van der Waals surface area contributed by atoms with E-state index in [2.05, 4.69) is 0 Å². The van der Waals surface area contributed by atoms with Crippen molar-refractivity contribution < 1.29 is 9.59 Å². The molecular formula is C18H20Cl2O2S2. The molecular weight excluding hydrogens is 383 g/mol. The number of hydrogen-bond acceptors (Lipinski definition) is 4. The molecule has 24 heavy (non-hydrogen) atoms. The molecule has 0 heterocycles. The Bertz CT molecular complexity index is 592. The summed E-state index contributed by atoms with van der Waals surface area (Å²) in [5, 5.41) is 1.22. The summed E-state index contributed by atoms with van der Waals surface area (Å²) in [5.41, 5.74) is 0. The van der Waals surface area contributed by atoms with Crippen molar-refractivity contribution in [2.45, 2.75) is 71.7 Å². The lowest BCUT2D eigenvalue weighted by Gasteiger charge is -2.22. The topological polar surface area (TPSA) is 34.1 Å². The third kappa shape index (κ3) is 4.51. The molecule has 2 atom stereocenters. The Hall–Kier alpha value is -0.160. The standard InChI is InChI=1S/C18H20Cl2O2S2/c19-11-10-18(24-16-8-4-2-6-14(16)22)12(20)9-17(11)23-15-7-3-1-5-13(15)21/h9-10,15-16H,1-8H2. The van der Waals surface area contributed by atoms with Crippen molar-refractivity contribution in [3.8, 4) is 0 Å². The number of benzene rings is 1. The second kappa shape index (κ2) is 8.48. The van der Waals surface area contributed by atoms with Crippen molar-refractivity contribution in [1.82, 2.24) is 0 Å². The predicted octanol–water partition coefficient (Wildman–Crippen LogP) is 6.20. The molecule has 0 bridgehead atoms. The summed E-state index contributed by atoms with van der Waals surface area (Å²) in [5.74, 6) is 0.620. The molecule has 0 amide bonds. The van der Waals surface area contributed by atoms with Crippen LogP contribution in [0, 0.1) is 0 Å². The van der Waals surface area contributed by atoms with E-state index in [1.165, 1.54) is 23.5 Å². The summed E-state index contributed by atoms with van der Waals surface area (Å²) in [7, 11) is 0. The van der Waals surface area contributed by atoms with Gasteiger partial charge in [0.15, 0.2) is 0 Å². The highest BCUT2D eigenvalue weighted by atomic mass is 35.5. The fourth-order valence-corrected chi connectivity index (χ4v) is 6.27. The van der Waals surface area contributed by atoms with Crippen LogP contribution < -0.4 is 0 Å². The van der Waals surface area contributed by atoms with Crippen LogP contribution in [-0.2, 0) is 9.59 Å². The summed E-state index contributed by atoms with van der Waals surface area (Å²) in [6.07, 6.45) is 7.32. The van der Waals surface area contributed by atoms with Gasteiger partial charge >= 0.3 is 0 Å². The number of halogens is 2. The lowest BCUT2D eigenvalue weighted by molar-refractivity contribution is -0.120. The maximum atomic E-state index is 12.0. The van der Waals surface area contributed by atoms with E-state index in [0.717, 1.165) is 48.3 Å². The van der Waals surface area contributed by atoms with E-state index in [4.69, 9.17) is 23.2 Å². The molecule has 1 aromatic carbocycles. The average Bonchev–Trinajstić information content (AvgIpc) is 2.56. The van der Waals surface area contributed by atoms with E-state index in [0.29, 0.717) is 34.5 Å². The third-order valence-corrected chi connectivity index (χ3v) is 8.12. The highest BCUT2D eigenvalue weighted by Gasteiger charge is 2.26. The van der Waals surface area contributed by atoms with Gasteiger partial charge in [-0.2, -0.15) is 0 Å². The third-order valence-electron chi connectivity index (χ3n) is 4.52. The Morgan fingerprint density at radius 1 is 0.750 bits per heavy atom. The van der Waals surface area contributed by atoms with Crippen molar-refractivity contribution >= 4 is 58.3 Å². The van der Waals surface area contributed by atoms with E-state index >= 15 is 0 Å². The Labute approximate surface area is 161 Å². The van der Waals surface area contributed by atoms with Crippen molar-refractivity contribution in [3.63, 3.8) is 0 Å². The van der Waals surface area contributed by atoms with Crippen LogP contribution in [0.25, 0.3) is 0 Å². The molecule has 3 rings (SSSR count). The SMILES string of the molecule is O=C1CCCCC1Sc1cc(Cl)c(SC2CCCCC2=O)cc1Cl. The molecule has 0 aromatic heterocycles. The Balaban J connectivity index is 1.73. The molecule has 130 valence electrons. The predicted molar refractivity (Wildman–Crippen MR) is 103 cm³/mol. The first kappa shape index (κ1) is 18.6. The Morgan fingerprint density at radius 2 is 1.17 bits per heavy atom. The molecule has 2 fully saturated rings. The zero-order valence-electron chi connectivity index (χ0n) is 13.4. The molecule has 0 spiro atoms. The average molecular weight is 403 g/mol.